The van der Waals surface area contributed by atoms with E-state index in [2.05, 4.69) is 0 Å². The van der Waals surface area contributed by atoms with Crippen molar-refractivity contribution < 1.29 is 19.5 Å². The molecule has 1 saturated carbocycles. The van der Waals surface area contributed by atoms with E-state index in [1.54, 1.807) is 25.5 Å². The van der Waals surface area contributed by atoms with Gasteiger partial charge in [-0.25, -0.2) is 0 Å². The highest BCUT2D eigenvalue weighted by molar-refractivity contribution is 6.02. The van der Waals surface area contributed by atoms with Gasteiger partial charge in [0.2, 0.25) is 6.21 Å². The van der Waals surface area contributed by atoms with Gasteiger partial charge in [0, 0.05) is 21.8 Å². The summed E-state index contributed by atoms with van der Waals surface area (Å²) in [5.74, 6) is 1.09. The Kier molecular flexibility index (Phi) is 2.52. The Labute approximate surface area is 123 Å². The van der Waals surface area contributed by atoms with E-state index in [1.807, 2.05) is 12.2 Å². The van der Waals surface area contributed by atoms with Crippen LogP contribution in [0.4, 0.5) is 0 Å². The Morgan fingerprint density at radius 2 is 2.33 bits per heavy atom. The molecule has 1 fully saturated rings. The number of hydrogen-bond acceptors (Lipinski definition) is 3. The second-order valence-corrected chi connectivity index (χ2v) is 6.31. The van der Waals surface area contributed by atoms with E-state index in [0.717, 1.165) is 41.6 Å². The van der Waals surface area contributed by atoms with Gasteiger partial charge in [-0.15, -0.1) is 0 Å². The van der Waals surface area contributed by atoms with Crippen molar-refractivity contribution in [2.45, 2.75) is 25.7 Å². The fourth-order valence-electron chi connectivity index (χ4n) is 4.14. The minimum absolute atomic E-state index is 0.0466. The summed E-state index contributed by atoms with van der Waals surface area (Å²) < 4.78 is 6.42. The minimum atomic E-state index is -0.321. The van der Waals surface area contributed by atoms with E-state index >= 15 is 0 Å². The first-order valence-electron chi connectivity index (χ1n) is 7.39. The van der Waals surface area contributed by atoms with Crippen LogP contribution in [0.3, 0.4) is 0 Å². The maximum atomic E-state index is 11.9. The lowest BCUT2D eigenvalue weighted by molar-refractivity contribution is -0.751. The van der Waals surface area contributed by atoms with Crippen LogP contribution in [-0.2, 0) is 9.53 Å². The van der Waals surface area contributed by atoms with Crippen molar-refractivity contribution in [1.29, 1.82) is 0 Å². The van der Waals surface area contributed by atoms with Gasteiger partial charge in [0.05, 0.1) is 7.11 Å². The average molecular weight is 284 g/mol. The molecule has 2 unspecified atom stereocenters. The highest BCUT2D eigenvalue weighted by atomic mass is 16.6. The normalized spacial score (nSPS) is 33.7. The summed E-state index contributed by atoms with van der Waals surface area (Å²) in [5, 5.41) is 10.2. The fraction of sp³-hybridized carbons (Fsp3) is 0.412. The van der Waals surface area contributed by atoms with Crippen molar-refractivity contribution in [3.05, 3.63) is 46.9 Å². The number of ether oxygens (including phenoxy) is 1. The highest BCUT2D eigenvalue weighted by Crippen LogP contribution is 2.55. The fourth-order valence-corrected chi connectivity index (χ4v) is 4.14. The second-order valence-electron chi connectivity index (χ2n) is 6.31. The molecule has 0 radical (unpaired) electrons. The van der Waals surface area contributed by atoms with Crippen molar-refractivity contribution in [2.24, 2.45) is 11.3 Å². The third-order valence-electron chi connectivity index (χ3n) is 5.08. The molecule has 0 aromatic rings. The standard InChI is InChI=1S/C17H18NO3/c1-21-16-9-17-5-4-13(19)7-15(17)14-6-11(8-17)2-3-12(14)10-18(16)20/h4-5,7,9-11,20H,2-3,6,8H2,1H3/q+1. The number of hydrogen-bond donors (Lipinski definition) is 1. The third kappa shape index (κ3) is 1.75. The van der Waals surface area contributed by atoms with Crippen molar-refractivity contribution in [1.82, 2.24) is 0 Å². The van der Waals surface area contributed by atoms with Crippen LogP contribution in [0.5, 0.6) is 0 Å². The van der Waals surface area contributed by atoms with Gasteiger partial charge in [-0.1, -0.05) is 6.08 Å². The molecule has 0 aromatic heterocycles. The molecule has 3 bridgehead atoms. The summed E-state index contributed by atoms with van der Waals surface area (Å²) in [7, 11) is 1.55. The number of ketones is 1. The predicted molar refractivity (Wildman–Crippen MR) is 76.8 cm³/mol. The number of rotatable bonds is 1. The van der Waals surface area contributed by atoms with Crippen LogP contribution in [0.15, 0.2) is 46.9 Å². The van der Waals surface area contributed by atoms with E-state index in [-0.39, 0.29) is 11.2 Å². The van der Waals surface area contributed by atoms with E-state index in [0.29, 0.717) is 11.8 Å². The molecule has 1 N–H and O–H groups in total. The number of allylic oxidation sites excluding steroid dienone is 7. The lowest BCUT2D eigenvalue weighted by Gasteiger charge is -2.44. The maximum absolute atomic E-state index is 11.9. The zero-order chi connectivity index (χ0) is 14.6. The molecule has 3 aliphatic carbocycles. The molecule has 4 heteroatoms. The van der Waals surface area contributed by atoms with E-state index in [1.165, 1.54) is 5.57 Å². The van der Waals surface area contributed by atoms with Crippen molar-refractivity contribution >= 4 is 12.0 Å². The van der Waals surface area contributed by atoms with Crippen LogP contribution in [0, 0.1) is 11.3 Å². The van der Waals surface area contributed by atoms with Gasteiger partial charge in [0.25, 0.3) is 0 Å². The molecule has 0 aromatic carbocycles. The molecule has 1 heterocycles. The Morgan fingerprint density at radius 3 is 3.14 bits per heavy atom. The van der Waals surface area contributed by atoms with E-state index in [4.69, 9.17) is 4.74 Å². The summed E-state index contributed by atoms with van der Waals surface area (Å²) in [5.41, 5.74) is 3.13. The van der Waals surface area contributed by atoms with Gasteiger partial charge in [-0.05, 0) is 54.9 Å². The number of carbonyl (C=O) groups excluding carboxylic acids is 1. The van der Waals surface area contributed by atoms with Crippen molar-refractivity contribution in [2.75, 3.05) is 7.11 Å². The van der Waals surface area contributed by atoms with Crippen molar-refractivity contribution in [3.63, 3.8) is 0 Å². The predicted octanol–water partition coefficient (Wildman–Crippen LogP) is 2.51. The first kappa shape index (κ1) is 12.6. The summed E-state index contributed by atoms with van der Waals surface area (Å²) >= 11 is 0. The Hall–Kier alpha value is -2.10. The van der Waals surface area contributed by atoms with E-state index < -0.39 is 0 Å². The Morgan fingerprint density at radius 1 is 1.48 bits per heavy atom. The SMILES string of the molecule is COC1=CC23C=CC(=O)C=C2C2=C(C=[N+]1O)CCC(C2)C3. The van der Waals surface area contributed by atoms with Crippen LogP contribution >= 0.6 is 0 Å². The Balaban J connectivity index is 2.04. The number of carbonyl (C=O) groups is 1. The minimum Gasteiger partial charge on any atom is -0.445 e. The topological polar surface area (TPSA) is 49.5 Å². The summed E-state index contributed by atoms with van der Waals surface area (Å²) in [6.07, 6.45) is 13.1. The summed E-state index contributed by atoms with van der Waals surface area (Å²) in [6.45, 7) is 0. The maximum Gasteiger partial charge on any atom is 0.413 e. The average Bonchev–Trinajstić information content (AvgIpc) is 2.48. The van der Waals surface area contributed by atoms with Crippen LogP contribution in [0.2, 0.25) is 0 Å². The molecule has 108 valence electrons. The molecule has 2 atom stereocenters. The number of methoxy groups -OCH3 is 1. The molecule has 0 saturated heterocycles. The van der Waals surface area contributed by atoms with Gasteiger partial charge in [0.1, 0.15) is 0 Å². The molecular formula is C17H18NO3+. The molecule has 21 heavy (non-hydrogen) atoms. The molecule has 4 aliphatic rings. The summed E-state index contributed by atoms with van der Waals surface area (Å²) in [4.78, 5) is 11.9. The van der Waals surface area contributed by atoms with Crippen LogP contribution < -0.4 is 0 Å². The van der Waals surface area contributed by atoms with Crippen LogP contribution in [-0.4, -0.2) is 29.1 Å². The molecule has 1 aliphatic heterocycles. The molecular weight excluding hydrogens is 266 g/mol. The Bertz CT molecular complexity index is 693. The summed E-state index contributed by atoms with van der Waals surface area (Å²) in [6, 6.07) is 0. The highest BCUT2D eigenvalue weighted by Gasteiger charge is 2.46. The first-order chi connectivity index (χ1) is 10.1. The zero-order valence-electron chi connectivity index (χ0n) is 12.0. The first-order valence-corrected chi connectivity index (χ1v) is 7.39. The monoisotopic (exact) mass is 284 g/mol. The van der Waals surface area contributed by atoms with Gasteiger partial charge in [-0.2, -0.15) is 0 Å². The number of nitrogens with zero attached hydrogens (tertiary/aromatic N) is 1. The molecule has 0 spiro atoms. The zero-order valence-corrected chi connectivity index (χ0v) is 12.0. The van der Waals surface area contributed by atoms with Crippen molar-refractivity contribution in [3.8, 4) is 0 Å². The quantitative estimate of drug-likeness (QED) is 0.594. The largest absolute Gasteiger partial charge is 0.445 e. The second kappa shape index (κ2) is 4.20. The number of hydroxylamine groups is 1. The van der Waals surface area contributed by atoms with E-state index in [9.17, 15) is 10.0 Å². The molecule has 0 amide bonds. The van der Waals surface area contributed by atoms with Crippen LogP contribution in [0.1, 0.15) is 25.7 Å². The molecule has 4 rings (SSSR count). The van der Waals surface area contributed by atoms with Gasteiger partial charge < -0.3 is 4.74 Å². The van der Waals surface area contributed by atoms with Gasteiger partial charge >= 0.3 is 5.88 Å². The smallest absolute Gasteiger partial charge is 0.413 e. The molecule has 4 nitrogen and oxygen atoms in total. The lowest BCUT2D eigenvalue weighted by atomic mass is 9.58. The van der Waals surface area contributed by atoms with Crippen LogP contribution in [0.25, 0.3) is 0 Å². The van der Waals surface area contributed by atoms with Gasteiger partial charge in [-0.3, -0.25) is 10.0 Å². The third-order valence-corrected chi connectivity index (χ3v) is 5.08. The number of fused-ring (bicyclic) bond motifs is 1. The lowest BCUT2D eigenvalue weighted by Crippen LogP contribution is -2.37. The van der Waals surface area contributed by atoms with Gasteiger partial charge in [0.15, 0.2) is 5.78 Å².